The summed E-state index contributed by atoms with van der Waals surface area (Å²) in [6, 6.07) is 15.8. The first kappa shape index (κ1) is 18.2. The van der Waals surface area contributed by atoms with E-state index in [2.05, 4.69) is 21.9 Å². The Morgan fingerprint density at radius 2 is 2.00 bits per heavy atom. The minimum atomic E-state index is -0.567. The maximum absolute atomic E-state index is 10.1. The molecule has 0 radical (unpaired) electrons. The minimum Gasteiger partial charge on any atom is -0.491 e. The first-order valence-electron chi connectivity index (χ1n) is 8.90. The Hall–Kier alpha value is -2.63. The Kier molecular flexibility index (Phi) is 6.41. The highest BCUT2D eigenvalue weighted by Crippen LogP contribution is 2.18. The molecular weight excluding hydrogens is 326 g/mol. The molecule has 1 aromatic heterocycles. The molecule has 0 aliphatic rings. The van der Waals surface area contributed by atoms with Crippen LogP contribution in [0, 0.1) is 0 Å². The summed E-state index contributed by atoms with van der Waals surface area (Å²) in [5.74, 6) is 1.75. The van der Waals surface area contributed by atoms with E-state index in [1.807, 2.05) is 54.6 Å². The predicted molar refractivity (Wildman–Crippen MR) is 105 cm³/mol. The molecule has 0 saturated carbocycles. The number of hydrogen-bond donors (Lipinski definition) is 3. The van der Waals surface area contributed by atoms with Crippen LogP contribution in [0.5, 0.6) is 5.75 Å². The normalized spacial score (nSPS) is 12.2. The zero-order valence-electron chi connectivity index (χ0n) is 14.8. The minimum absolute atomic E-state index is 0.256. The Labute approximate surface area is 153 Å². The van der Waals surface area contributed by atoms with Crippen LogP contribution < -0.4 is 10.1 Å². The molecule has 3 rings (SSSR count). The van der Waals surface area contributed by atoms with Gasteiger partial charge < -0.3 is 20.1 Å². The SMILES string of the molecule is C=CCc1ccccc1OCC(O)CNCCc1nc2ccccc2[nH]1. The van der Waals surface area contributed by atoms with Crippen LogP contribution in [0.4, 0.5) is 0 Å². The van der Waals surface area contributed by atoms with Gasteiger partial charge in [-0.2, -0.15) is 0 Å². The molecule has 0 spiro atoms. The summed E-state index contributed by atoms with van der Waals surface area (Å²) in [7, 11) is 0. The van der Waals surface area contributed by atoms with Crippen LogP contribution in [-0.4, -0.2) is 40.9 Å². The van der Waals surface area contributed by atoms with E-state index >= 15 is 0 Å². The standard InChI is InChI=1S/C21H25N3O2/c1-2-7-16-8-3-6-11-20(16)26-15-17(25)14-22-13-12-21-23-18-9-4-5-10-19(18)24-21/h2-6,8-11,17,22,25H,1,7,12-15H2,(H,23,24). The molecule has 136 valence electrons. The highest BCUT2D eigenvalue weighted by atomic mass is 16.5. The van der Waals surface area contributed by atoms with Gasteiger partial charge in [-0.25, -0.2) is 4.98 Å². The fraction of sp³-hybridized carbons (Fsp3) is 0.286. The number of allylic oxidation sites excluding steroid dienone is 1. The predicted octanol–water partition coefficient (Wildman–Crippen LogP) is 2.86. The molecule has 26 heavy (non-hydrogen) atoms. The van der Waals surface area contributed by atoms with Gasteiger partial charge in [0.05, 0.1) is 11.0 Å². The number of aromatic amines is 1. The van der Waals surface area contributed by atoms with E-state index < -0.39 is 6.10 Å². The Morgan fingerprint density at radius 3 is 2.85 bits per heavy atom. The van der Waals surface area contributed by atoms with Gasteiger partial charge in [0.2, 0.25) is 0 Å². The van der Waals surface area contributed by atoms with Crippen LogP contribution in [0.3, 0.4) is 0 Å². The molecule has 0 aliphatic heterocycles. The molecule has 0 fully saturated rings. The van der Waals surface area contributed by atoms with E-state index in [-0.39, 0.29) is 6.61 Å². The van der Waals surface area contributed by atoms with E-state index in [9.17, 15) is 5.11 Å². The molecule has 5 nitrogen and oxygen atoms in total. The number of aliphatic hydroxyl groups excluding tert-OH is 1. The fourth-order valence-electron chi connectivity index (χ4n) is 2.81. The van der Waals surface area contributed by atoms with Crippen molar-refractivity contribution in [1.82, 2.24) is 15.3 Å². The first-order valence-corrected chi connectivity index (χ1v) is 8.90. The molecule has 1 heterocycles. The van der Waals surface area contributed by atoms with Gasteiger partial charge in [0, 0.05) is 19.5 Å². The average Bonchev–Trinajstić information content (AvgIpc) is 3.07. The third-order valence-corrected chi connectivity index (χ3v) is 4.13. The van der Waals surface area contributed by atoms with Crippen molar-refractivity contribution < 1.29 is 9.84 Å². The number of para-hydroxylation sites is 3. The van der Waals surface area contributed by atoms with Crippen molar-refractivity contribution in [3.8, 4) is 5.75 Å². The highest BCUT2D eigenvalue weighted by Gasteiger charge is 2.08. The van der Waals surface area contributed by atoms with Crippen LogP contribution in [0.1, 0.15) is 11.4 Å². The molecule has 0 aliphatic carbocycles. The van der Waals surface area contributed by atoms with Gasteiger partial charge in [0.15, 0.2) is 0 Å². The Bertz CT molecular complexity index is 811. The van der Waals surface area contributed by atoms with Crippen LogP contribution in [0.15, 0.2) is 61.2 Å². The second-order valence-corrected chi connectivity index (χ2v) is 6.22. The van der Waals surface area contributed by atoms with Gasteiger partial charge in [-0.1, -0.05) is 36.4 Å². The zero-order valence-corrected chi connectivity index (χ0v) is 14.8. The van der Waals surface area contributed by atoms with Gasteiger partial charge in [-0.15, -0.1) is 6.58 Å². The van der Waals surface area contributed by atoms with Gasteiger partial charge in [-0.05, 0) is 30.2 Å². The number of nitrogens with one attached hydrogen (secondary N) is 2. The van der Waals surface area contributed by atoms with Gasteiger partial charge >= 0.3 is 0 Å². The summed E-state index contributed by atoms with van der Waals surface area (Å²) in [5.41, 5.74) is 3.11. The van der Waals surface area contributed by atoms with Crippen molar-refractivity contribution in [1.29, 1.82) is 0 Å². The molecule has 0 amide bonds. The fourth-order valence-corrected chi connectivity index (χ4v) is 2.81. The molecular formula is C21H25N3O2. The number of ether oxygens (including phenoxy) is 1. The van der Waals surface area contributed by atoms with E-state index in [1.165, 1.54) is 0 Å². The number of rotatable bonds is 10. The summed E-state index contributed by atoms with van der Waals surface area (Å²) in [6.45, 7) is 5.23. The van der Waals surface area contributed by atoms with Crippen molar-refractivity contribution in [2.75, 3.05) is 19.7 Å². The van der Waals surface area contributed by atoms with E-state index in [4.69, 9.17) is 4.74 Å². The van der Waals surface area contributed by atoms with E-state index in [0.29, 0.717) is 6.54 Å². The van der Waals surface area contributed by atoms with Crippen molar-refractivity contribution >= 4 is 11.0 Å². The molecule has 1 atom stereocenters. The number of imidazole rings is 1. The maximum Gasteiger partial charge on any atom is 0.122 e. The number of nitrogens with zero attached hydrogens (tertiary/aromatic N) is 1. The highest BCUT2D eigenvalue weighted by molar-refractivity contribution is 5.74. The van der Waals surface area contributed by atoms with Crippen LogP contribution in [-0.2, 0) is 12.8 Å². The Balaban J connectivity index is 1.39. The second-order valence-electron chi connectivity index (χ2n) is 6.22. The van der Waals surface area contributed by atoms with Crippen LogP contribution >= 0.6 is 0 Å². The monoisotopic (exact) mass is 351 g/mol. The Morgan fingerprint density at radius 1 is 1.19 bits per heavy atom. The van der Waals surface area contributed by atoms with Gasteiger partial charge in [-0.3, -0.25) is 0 Å². The van der Waals surface area contributed by atoms with Crippen LogP contribution in [0.25, 0.3) is 11.0 Å². The summed E-state index contributed by atoms with van der Waals surface area (Å²) in [6.07, 6.45) is 2.81. The lowest BCUT2D eigenvalue weighted by Crippen LogP contribution is -2.32. The molecule has 1 unspecified atom stereocenters. The average molecular weight is 351 g/mol. The maximum atomic E-state index is 10.1. The first-order chi connectivity index (χ1) is 12.8. The van der Waals surface area contributed by atoms with E-state index in [0.717, 1.165) is 47.6 Å². The summed E-state index contributed by atoms with van der Waals surface area (Å²) in [4.78, 5) is 7.84. The van der Waals surface area contributed by atoms with Crippen molar-refractivity contribution in [3.63, 3.8) is 0 Å². The summed E-state index contributed by atoms with van der Waals surface area (Å²) in [5, 5.41) is 13.4. The molecule has 3 N–H and O–H groups in total. The number of benzene rings is 2. The lowest BCUT2D eigenvalue weighted by atomic mass is 10.1. The number of fused-ring (bicyclic) bond motifs is 1. The summed E-state index contributed by atoms with van der Waals surface area (Å²) >= 11 is 0. The molecule has 0 bridgehead atoms. The largest absolute Gasteiger partial charge is 0.491 e. The molecule has 3 aromatic rings. The number of aliphatic hydroxyl groups is 1. The third kappa shape index (κ3) is 4.94. The third-order valence-electron chi connectivity index (χ3n) is 4.13. The number of hydrogen-bond acceptors (Lipinski definition) is 4. The number of H-pyrrole nitrogens is 1. The second kappa shape index (κ2) is 9.17. The van der Waals surface area contributed by atoms with Gasteiger partial charge in [0.1, 0.15) is 24.3 Å². The van der Waals surface area contributed by atoms with Crippen LogP contribution in [0.2, 0.25) is 0 Å². The lowest BCUT2D eigenvalue weighted by Gasteiger charge is -2.15. The van der Waals surface area contributed by atoms with Crippen molar-refractivity contribution in [2.45, 2.75) is 18.9 Å². The molecule has 0 saturated heterocycles. The molecule has 5 heteroatoms. The lowest BCUT2D eigenvalue weighted by molar-refractivity contribution is 0.106. The molecule has 2 aromatic carbocycles. The van der Waals surface area contributed by atoms with E-state index in [1.54, 1.807) is 0 Å². The summed E-state index contributed by atoms with van der Waals surface area (Å²) < 4.78 is 5.75. The van der Waals surface area contributed by atoms with Crippen molar-refractivity contribution in [3.05, 3.63) is 72.6 Å². The zero-order chi connectivity index (χ0) is 18.2. The topological polar surface area (TPSA) is 70.2 Å². The number of aromatic nitrogens is 2. The van der Waals surface area contributed by atoms with Gasteiger partial charge in [0.25, 0.3) is 0 Å². The van der Waals surface area contributed by atoms with Crippen molar-refractivity contribution in [2.24, 2.45) is 0 Å². The quantitative estimate of drug-likeness (QED) is 0.388. The smallest absolute Gasteiger partial charge is 0.122 e.